The highest BCUT2D eigenvalue weighted by Gasteiger charge is 1.94. The third kappa shape index (κ3) is 16.3. The molecule has 110 valence electrons. The van der Waals surface area contributed by atoms with Gasteiger partial charge in [0.15, 0.2) is 0 Å². The maximum atomic E-state index is 10.1. The van der Waals surface area contributed by atoms with Gasteiger partial charge in [-0.15, -0.1) is 0 Å². The first-order valence-corrected chi connectivity index (χ1v) is 5.66. The van der Waals surface area contributed by atoms with E-state index in [2.05, 4.69) is 18.5 Å². The smallest absolute Gasteiger partial charge is 0.269 e. The summed E-state index contributed by atoms with van der Waals surface area (Å²) in [4.78, 5) is 19.9. The second-order valence-corrected chi connectivity index (χ2v) is 3.73. The van der Waals surface area contributed by atoms with Crippen molar-refractivity contribution < 1.29 is 19.5 Å². The molecule has 0 radical (unpaired) electrons. The fourth-order valence-electron chi connectivity index (χ4n) is 0.611. The summed E-state index contributed by atoms with van der Waals surface area (Å²) in [5.41, 5.74) is 6.81. The fourth-order valence-corrected chi connectivity index (χ4v) is 0.611. The zero-order valence-electron chi connectivity index (χ0n) is 11.5. The highest BCUT2D eigenvalue weighted by molar-refractivity contribution is 5.91. The van der Waals surface area contributed by atoms with Gasteiger partial charge in [-0.2, -0.15) is 0 Å². The summed E-state index contributed by atoms with van der Waals surface area (Å²) in [6, 6.07) is 0. The van der Waals surface area contributed by atoms with Crippen molar-refractivity contribution >= 4 is 11.8 Å². The first-order valence-electron chi connectivity index (χ1n) is 5.66. The summed E-state index contributed by atoms with van der Waals surface area (Å²) in [6.45, 7) is 13.4. The lowest BCUT2D eigenvalue weighted by molar-refractivity contribution is -0.125. The van der Waals surface area contributed by atoms with Crippen molar-refractivity contribution in [1.29, 1.82) is 0 Å². The normalized spacial score (nSPS) is 12.8. The van der Waals surface area contributed by atoms with Gasteiger partial charge < -0.3 is 15.8 Å². The molecule has 2 amide bonds. The molecule has 1 aliphatic heterocycles. The Hall–Kier alpha value is -1.70. The Morgan fingerprint density at radius 3 is 1.68 bits per heavy atom. The molecule has 0 saturated carbocycles. The second kappa shape index (κ2) is 12.7. The molecule has 0 unspecified atom stereocenters. The summed E-state index contributed by atoms with van der Waals surface area (Å²) in [6.07, 6.45) is 0. The number of nitrogens with one attached hydrogen (secondary N) is 2. The number of nitrogens with two attached hydrogens (primary N) is 1. The lowest BCUT2D eigenvalue weighted by Gasteiger charge is -2.10. The van der Waals surface area contributed by atoms with Crippen LogP contribution in [0.2, 0.25) is 0 Å². The predicted molar refractivity (Wildman–Crippen MR) is 72.4 cm³/mol. The highest BCUT2D eigenvalue weighted by atomic mass is 16.5. The lowest BCUT2D eigenvalue weighted by atomic mass is 10.3. The standard InChI is InChI=1S/C4H7NO2.C4H9NO.C4H7NO/c1-3(2)4(6)5-7;1-3-6-4-2-5-1;1-3(2)4(5)6/h7H,1H2,2H3,(H,5,6);5H,1-4H2;1H2,2H3,(H2,5,6). The summed E-state index contributed by atoms with van der Waals surface area (Å²) < 4.78 is 5.01. The molecule has 1 fully saturated rings. The zero-order valence-corrected chi connectivity index (χ0v) is 11.5. The van der Waals surface area contributed by atoms with Crippen LogP contribution in [0.3, 0.4) is 0 Å². The fraction of sp³-hybridized carbons (Fsp3) is 0.500. The molecule has 0 bridgehead atoms. The van der Waals surface area contributed by atoms with Gasteiger partial charge in [0.25, 0.3) is 5.91 Å². The van der Waals surface area contributed by atoms with E-state index in [-0.39, 0.29) is 0 Å². The van der Waals surface area contributed by atoms with E-state index in [9.17, 15) is 9.59 Å². The third-order valence-corrected chi connectivity index (χ3v) is 1.76. The van der Waals surface area contributed by atoms with Crippen LogP contribution in [0.15, 0.2) is 24.3 Å². The van der Waals surface area contributed by atoms with Crippen LogP contribution in [0.25, 0.3) is 0 Å². The molecular weight excluding hydrogens is 250 g/mol. The topological polar surface area (TPSA) is 114 Å². The Morgan fingerprint density at radius 1 is 1.21 bits per heavy atom. The number of rotatable bonds is 2. The molecule has 0 atom stereocenters. The van der Waals surface area contributed by atoms with Crippen molar-refractivity contribution in [2.24, 2.45) is 5.73 Å². The average Bonchev–Trinajstić information content (AvgIpc) is 2.41. The van der Waals surface area contributed by atoms with Gasteiger partial charge in [-0.05, 0) is 13.8 Å². The van der Waals surface area contributed by atoms with Crippen LogP contribution < -0.4 is 16.5 Å². The van der Waals surface area contributed by atoms with Gasteiger partial charge in [0, 0.05) is 24.2 Å². The summed E-state index contributed by atoms with van der Waals surface area (Å²) in [7, 11) is 0. The molecule has 0 aromatic carbocycles. The number of carbonyl (C=O) groups excluding carboxylic acids is 2. The molecule has 7 heteroatoms. The Labute approximate surface area is 113 Å². The van der Waals surface area contributed by atoms with Crippen molar-refractivity contribution in [3.8, 4) is 0 Å². The van der Waals surface area contributed by atoms with Gasteiger partial charge in [0.1, 0.15) is 0 Å². The van der Waals surface area contributed by atoms with Crippen LogP contribution in [0, 0.1) is 0 Å². The molecule has 0 aliphatic carbocycles. The molecule has 0 aromatic heterocycles. The summed E-state index contributed by atoms with van der Waals surface area (Å²) >= 11 is 0. The maximum Gasteiger partial charge on any atom is 0.269 e. The minimum Gasteiger partial charge on any atom is -0.379 e. The van der Waals surface area contributed by atoms with Gasteiger partial charge in [-0.25, -0.2) is 5.48 Å². The maximum absolute atomic E-state index is 10.1. The number of primary amides is 1. The predicted octanol–water partition coefficient (Wildman–Crippen LogP) is -0.278. The van der Waals surface area contributed by atoms with Crippen molar-refractivity contribution in [1.82, 2.24) is 10.8 Å². The van der Waals surface area contributed by atoms with Gasteiger partial charge in [0.2, 0.25) is 5.91 Å². The number of morpholine rings is 1. The van der Waals surface area contributed by atoms with Gasteiger partial charge in [0.05, 0.1) is 13.2 Å². The number of hydrogen-bond donors (Lipinski definition) is 4. The number of hydroxylamine groups is 1. The van der Waals surface area contributed by atoms with Crippen molar-refractivity contribution in [3.05, 3.63) is 24.3 Å². The largest absolute Gasteiger partial charge is 0.379 e. The SMILES string of the molecule is C1COCCN1.C=C(C)C(=O)NO.C=C(C)C(N)=O. The molecular formula is C12H23N3O4. The quantitative estimate of drug-likeness (QED) is 0.314. The van der Waals surface area contributed by atoms with E-state index in [1.807, 2.05) is 0 Å². The lowest BCUT2D eigenvalue weighted by Crippen LogP contribution is -2.30. The third-order valence-electron chi connectivity index (χ3n) is 1.76. The van der Waals surface area contributed by atoms with E-state index in [4.69, 9.17) is 15.7 Å². The second-order valence-electron chi connectivity index (χ2n) is 3.73. The molecule has 1 aliphatic rings. The van der Waals surface area contributed by atoms with Gasteiger partial charge >= 0.3 is 0 Å². The Kier molecular flexibility index (Phi) is 13.2. The van der Waals surface area contributed by atoms with E-state index < -0.39 is 11.8 Å². The Bertz CT molecular complexity index is 289. The molecule has 0 spiro atoms. The van der Waals surface area contributed by atoms with E-state index in [1.54, 1.807) is 6.92 Å². The van der Waals surface area contributed by atoms with E-state index >= 15 is 0 Å². The minimum absolute atomic E-state index is 0.294. The zero-order chi connectivity index (χ0) is 15.3. The molecule has 7 nitrogen and oxygen atoms in total. The van der Waals surface area contributed by atoms with Crippen molar-refractivity contribution in [2.75, 3.05) is 26.3 Å². The van der Waals surface area contributed by atoms with Crippen LogP contribution in [-0.2, 0) is 14.3 Å². The minimum atomic E-state index is -0.542. The first kappa shape index (κ1) is 19.6. The highest BCUT2D eigenvalue weighted by Crippen LogP contribution is 1.81. The molecule has 1 heterocycles. The molecule has 5 N–H and O–H groups in total. The summed E-state index contributed by atoms with van der Waals surface area (Å²) in [5, 5.41) is 11.0. The van der Waals surface area contributed by atoms with Crippen LogP contribution in [-0.4, -0.2) is 43.3 Å². The Morgan fingerprint density at radius 2 is 1.63 bits per heavy atom. The molecule has 1 rings (SSSR count). The van der Waals surface area contributed by atoms with Crippen LogP contribution >= 0.6 is 0 Å². The number of amides is 2. The molecule has 0 aromatic rings. The number of ether oxygens (including phenoxy) is 1. The van der Waals surface area contributed by atoms with E-state index in [0.29, 0.717) is 11.1 Å². The summed E-state index contributed by atoms with van der Waals surface area (Å²) in [5.74, 6) is -0.977. The van der Waals surface area contributed by atoms with Crippen LogP contribution in [0.5, 0.6) is 0 Å². The van der Waals surface area contributed by atoms with Crippen molar-refractivity contribution in [2.45, 2.75) is 13.8 Å². The first-order chi connectivity index (χ1) is 8.82. The monoisotopic (exact) mass is 273 g/mol. The van der Waals surface area contributed by atoms with Crippen LogP contribution in [0.4, 0.5) is 0 Å². The van der Waals surface area contributed by atoms with Gasteiger partial charge in [-0.3, -0.25) is 14.8 Å². The van der Waals surface area contributed by atoms with E-state index in [1.165, 1.54) is 12.4 Å². The number of hydrogen-bond acceptors (Lipinski definition) is 5. The number of carbonyl (C=O) groups is 2. The van der Waals surface area contributed by atoms with Gasteiger partial charge in [-0.1, -0.05) is 13.2 Å². The van der Waals surface area contributed by atoms with Crippen molar-refractivity contribution in [3.63, 3.8) is 0 Å². The molecule has 1 saturated heterocycles. The van der Waals surface area contributed by atoms with Crippen LogP contribution in [0.1, 0.15) is 13.8 Å². The average molecular weight is 273 g/mol. The van der Waals surface area contributed by atoms with E-state index in [0.717, 1.165) is 26.3 Å². The molecule has 19 heavy (non-hydrogen) atoms. The Balaban J connectivity index is 0.